The summed E-state index contributed by atoms with van der Waals surface area (Å²) in [5, 5.41) is 0.518. The van der Waals surface area contributed by atoms with Crippen LogP contribution in [0.5, 0.6) is 0 Å². The van der Waals surface area contributed by atoms with Gasteiger partial charge in [0, 0.05) is 36.6 Å². The van der Waals surface area contributed by atoms with Crippen LogP contribution in [0.4, 0.5) is 0 Å². The Morgan fingerprint density at radius 3 is 2.42 bits per heavy atom. The predicted octanol–water partition coefficient (Wildman–Crippen LogP) is 5.31. The Labute approximate surface area is 208 Å². The Kier molecular flexibility index (Phi) is 9.90. The van der Waals surface area contributed by atoms with Gasteiger partial charge in [0.15, 0.2) is 0 Å². The van der Waals surface area contributed by atoms with Gasteiger partial charge in [-0.05, 0) is 52.3 Å². The molecular weight excluding hydrogens is 478 g/mol. The van der Waals surface area contributed by atoms with Crippen molar-refractivity contribution in [2.24, 2.45) is 0 Å². The summed E-state index contributed by atoms with van der Waals surface area (Å²) >= 11 is 5.42. The van der Waals surface area contributed by atoms with Crippen molar-refractivity contribution in [3.05, 3.63) is 34.3 Å². The quantitative estimate of drug-likeness (QED) is 0.130. The number of benzene rings is 1. The fourth-order valence-corrected chi connectivity index (χ4v) is 5.97. The highest BCUT2D eigenvalue weighted by atomic mass is 35.5. The van der Waals surface area contributed by atoms with Crippen LogP contribution >= 0.6 is 11.6 Å². The van der Waals surface area contributed by atoms with E-state index in [0.29, 0.717) is 31.5 Å². The average molecular weight is 518 g/mol. The number of ether oxygens (including phenoxy) is 3. The zero-order chi connectivity index (χ0) is 25.0. The Morgan fingerprint density at radius 2 is 1.97 bits per heavy atom. The molecule has 1 aromatic rings. The topological polar surface area (TPSA) is 71.1 Å². The lowest BCUT2D eigenvalue weighted by molar-refractivity contribution is -0.144. The second-order valence-corrected chi connectivity index (χ2v) is 19.0. The van der Waals surface area contributed by atoms with E-state index in [0.717, 1.165) is 17.2 Å². The molecule has 1 aliphatic heterocycles. The highest BCUT2D eigenvalue weighted by Gasteiger charge is 2.55. The molecule has 0 saturated carbocycles. The summed E-state index contributed by atoms with van der Waals surface area (Å²) in [6.07, 6.45) is 0. The van der Waals surface area contributed by atoms with Gasteiger partial charge in [-0.3, -0.25) is 4.79 Å². The molecule has 188 valence electrons. The van der Waals surface area contributed by atoms with Gasteiger partial charge in [-0.25, -0.2) is 0 Å². The molecule has 0 amide bonds. The SMILES string of the molecule is CCOC(=O)C(C)c1ccc(C2(N(COCC[Si](C)(C)C)[S+]([O-])C(C)(C)C)COC2)c(Cl)c1. The number of halogens is 1. The normalized spacial score (nSPS) is 18.0. The van der Waals surface area contributed by atoms with Crippen LogP contribution < -0.4 is 0 Å². The number of rotatable bonds is 11. The first-order chi connectivity index (χ1) is 15.2. The summed E-state index contributed by atoms with van der Waals surface area (Å²) in [7, 11) is -1.24. The molecule has 0 bridgehead atoms. The van der Waals surface area contributed by atoms with Crippen molar-refractivity contribution in [2.45, 2.75) is 76.5 Å². The maximum atomic E-state index is 13.6. The van der Waals surface area contributed by atoms with E-state index in [2.05, 4.69) is 19.6 Å². The van der Waals surface area contributed by atoms with E-state index in [-0.39, 0.29) is 12.7 Å². The number of nitrogens with zero attached hydrogens (tertiary/aromatic N) is 1. The Hall–Kier alpha value is -0.613. The Morgan fingerprint density at radius 1 is 1.33 bits per heavy atom. The zero-order valence-electron chi connectivity index (χ0n) is 21.3. The molecule has 2 rings (SSSR count). The molecule has 0 aromatic heterocycles. The smallest absolute Gasteiger partial charge is 0.313 e. The van der Waals surface area contributed by atoms with Gasteiger partial charge in [-0.15, -0.1) is 0 Å². The van der Waals surface area contributed by atoms with E-state index in [1.807, 2.05) is 43.3 Å². The van der Waals surface area contributed by atoms with E-state index in [1.165, 1.54) is 0 Å². The average Bonchev–Trinajstić information content (AvgIpc) is 2.67. The molecular formula is C24H40ClNO5SSi. The first-order valence-electron chi connectivity index (χ1n) is 11.5. The van der Waals surface area contributed by atoms with Crippen LogP contribution in [0.1, 0.15) is 51.7 Å². The van der Waals surface area contributed by atoms with E-state index >= 15 is 0 Å². The van der Waals surface area contributed by atoms with Gasteiger partial charge in [-0.1, -0.05) is 47.7 Å². The largest absolute Gasteiger partial charge is 0.597 e. The minimum Gasteiger partial charge on any atom is -0.597 e. The minimum atomic E-state index is -1.34. The van der Waals surface area contributed by atoms with E-state index in [4.69, 9.17) is 25.8 Å². The number of hydrogen-bond donors (Lipinski definition) is 0. The third-order valence-electron chi connectivity index (χ3n) is 5.72. The van der Waals surface area contributed by atoms with Crippen molar-refractivity contribution in [2.75, 3.05) is 33.2 Å². The summed E-state index contributed by atoms with van der Waals surface area (Å²) in [5.41, 5.74) is 0.967. The first kappa shape index (κ1) is 28.6. The summed E-state index contributed by atoms with van der Waals surface area (Å²) in [6.45, 7) is 18.3. The molecule has 0 radical (unpaired) electrons. The van der Waals surface area contributed by atoms with Crippen LogP contribution in [0.25, 0.3) is 0 Å². The molecule has 0 aliphatic carbocycles. The van der Waals surface area contributed by atoms with Crippen LogP contribution in [-0.4, -0.2) is 60.8 Å². The molecule has 1 aliphatic rings. The predicted molar refractivity (Wildman–Crippen MR) is 138 cm³/mol. The molecule has 2 unspecified atom stereocenters. The summed E-state index contributed by atoms with van der Waals surface area (Å²) < 4.78 is 31.9. The van der Waals surface area contributed by atoms with Gasteiger partial charge in [-0.2, -0.15) is 0 Å². The van der Waals surface area contributed by atoms with Crippen molar-refractivity contribution < 1.29 is 23.6 Å². The maximum absolute atomic E-state index is 13.6. The van der Waals surface area contributed by atoms with Gasteiger partial charge in [0.1, 0.15) is 17.0 Å². The standard InChI is InChI=1S/C24H40ClNO5SSi/c1-9-31-22(27)18(2)19-10-11-20(21(25)14-19)24(15-30-16-24)26(32(28)23(3,4)5)17-29-12-13-33(6,7)8/h10-11,14,18H,9,12-13,15-17H2,1-8H3. The zero-order valence-corrected chi connectivity index (χ0v) is 23.9. The van der Waals surface area contributed by atoms with Crippen molar-refractivity contribution in [3.8, 4) is 0 Å². The highest BCUT2D eigenvalue weighted by Crippen LogP contribution is 2.44. The molecule has 0 N–H and O–H groups in total. The highest BCUT2D eigenvalue weighted by molar-refractivity contribution is 7.90. The van der Waals surface area contributed by atoms with E-state index in [1.54, 1.807) is 13.8 Å². The summed E-state index contributed by atoms with van der Waals surface area (Å²) in [5.74, 6) is -0.705. The van der Waals surface area contributed by atoms with Crippen molar-refractivity contribution >= 4 is 37.0 Å². The van der Waals surface area contributed by atoms with Crippen LogP contribution in [0.2, 0.25) is 30.7 Å². The number of carbonyl (C=O) groups excluding carboxylic acids is 1. The molecule has 1 aromatic carbocycles. The molecule has 33 heavy (non-hydrogen) atoms. The van der Waals surface area contributed by atoms with Gasteiger partial charge in [0.05, 0.1) is 25.7 Å². The molecule has 6 nitrogen and oxygen atoms in total. The maximum Gasteiger partial charge on any atom is 0.313 e. The summed E-state index contributed by atoms with van der Waals surface area (Å²) in [6, 6.07) is 6.66. The molecule has 9 heteroatoms. The molecule has 1 heterocycles. The Balaban J connectivity index is 2.35. The number of hydrogen-bond acceptors (Lipinski definition) is 6. The second-order valence-electron chi connectivity index (χ2n) is 10.8. The van der Waals surface area contributed by atoms with Gasteiger partial charge < -0.3 is 18.8 Å². The number of carbonyl (C=O) groups is 1. The molecule has 1 fully saturated rings. The fourth-order valence-electron chi connectivity index (χ4n) is 3.50. The van der Waals surface area contributed by atoms with Gasteiger partial charge >= 0.3 is 5.97 Å². The monoisotopic (exact) mass is 517 g/mol. The fraction of sp³-hybridized carbons (Fsp3) is 0.708. The molecule has 1 saturated heterocycles. The Bertz CT molecular complexity index is 807. The van der Waals surface area contributed by atoms with Crippen LogP contribution in [0, 0.1) is 0 Å². The van der Waals surface area contributed by atoms with Crippen LogP contribution in [-0.2, 0) is 35.9 Å². The van der Waals surface area contributed by atoms with Crippen molar-refractivity contribution in [3.63, 3.8) is 0 Å². The van der Waals surface area contributed by atoms with Gasteiger partial charge in [0.25, 0.3) is 0 Å². The van der Waals surface area contributed by atoms with Crippen LogP contribution in [0.15, 0.2) is 18.2 Å². The third-order valence-corrected chi connectivity index (χ3v) is 9.64. The van der Waals surface area contributed by atoms with Crippen molar-refractivity contribution in [1.29, 1.82) is 0 Å². The lowest BCUT2D eigenvalue weighted by atomic mass is 9.86. The lowest BCUT2D eigenvalue weighted by Gasteiger charge is -2.50. The lowest BCUT2D eigenvalue weighted by Crippen LogP contribution is -2.64. The van der Waals surface area contributed by atoms with E-state index in [9.17, 15) is 9.35 Å². The molecule has 2 atom stereocenters. The van der Waals surface area contributed by atoms with Gasteiger partial charge in [0.2, 0.25) is 0 Å². The van der Waals surface area contributed by atoms with E-state index < -0.39 is 35.6 Å². The van der Waals surface area contributed by atoms with Crippen LogP contribution in [0.3, 0.4) is 0 Å². The second kappa shape index (κ2) is 11.4. The first-order valence-corrected chi connectivity index (χ1v) is 16.7. The molecule has 0 spiro atoms. The minimum absolute atomic E-state index is 0.231. The summed E-state index contributed by atoms with van der Waals surface area (Å²) in [4.78, 5) is 12.2. The third kappa shape index (κ3) is 7.19. The number of esters is 1. The van der Waals surface area contributed by atoms with Crippen molar-refractivity contribution in [1.82, 2.24) is 4.31 Å².